The lowest BCUT2D eigenvalue weighted by molar-refractivity contribution is -0.169. The molecule has 2 aromatic rings. The van der Waals surface area contributed by atoms with Crippen LogP contribution in [0.4, 0.5) is 5.69 Å². The first-order valence-electron chi connectivity index (χ1n) is 10.0. The third-order valence-electron chi connectivity index (χ3n) is 5.56. The normalized spacial score (nSPS) is 18.4. The molecule has 0 unspecified atom stereocenters. The highest BCUT2D eigenvalue weighted by Gasteiger charge is 2.39. The van der Waals surface area contributed by atoms with Crippen molar-refractivity contribution in [1.29, 1.82) is 0 Å². The maximum Gasteiger partial charge on any atom is 0.272 e. The number of hydrogen-bond donors (Lipinski definition) is 0. The van der Waals surface area contributed by atoms with Crippen LogP contribution in [-0.2, 0) is 16.0 Å². The number of piperidine rings is 1. The molecule has 6 nitrogen and oxygen atoms in total. The van der Waals surface area contributed by atoms with E-state index in [9.17, 15) is 4.79 Å². The molecule has 2 aliphatic rings. The first kappa shape index (κ1) is 18.9. The van der Waals surface area contributed by atoms with E-state index in [1.807, 2.05) is 54.3 Å². The fourth-order valence-electron chi connectivity index (χ4n) is 3.88. The Bertz CT molecular complexity index is 778. The van der Waals surface area contributed by atoms with Gasteiger partial charge < -0.3 is 19.3 Å². The van der Waals surface area contributed by atoms with Crippen molar-refractivity contribution in [3.63, 3.8) is 0 Å². The van der Waals surface area contributed by atoms with Crippen molar-refractivity contribution < 1.29 is 14.3 Å². The number of aromatic nitrogens is 1. The standard InChI is InChI=1S/C22H27N3O3/c1-2-24(17-18-6-4-3-5-7-18)21(26)20-9-8-19(16-23-20)25-12-10-22(11-13-25)27-14-15-28-22/h3-9,16H,2,10-15,17H2,1H3. The van der Waals surface area contributed by atoms with Crippen molar-refractivity contribution in [1.82, 2.24) is 9.88 Å². The number of carbonyl (C=O) groups excluding carboxylic acids is 1. The quantitative estimate of drug-likeness (QED) is 0.797. The lowest BCUT2D eigenvalue weighted by atomic mass is 10.0. The van der Waals surface area contributed by atoms with E-state index in [-0.39, 0.29) is 11.7 Å². The van der Waals surface area contributed by atoms with Crippen LogP contribution in [0.2, 0.25) is 0 Å². The van der Waals surface area contributed by atoms with Gasteiger partial charge in [0.1, 0.15) is 5.69 Å². The highest BCUT2D eigenvalue weighted by atomic mass is 16.7. The SMILES string of the molecule is CCN(Cc1ccccc1)C(=O)c1ccc(N2CCC3(CC2)OCCO3)cn1. The van der Waals surface area contributed by atoms with Gasteiger partial charge in [-0.3, -0.25) is 4.79 Å². The van der Waals surface area contributed by atoms with Gasteiger partial charge in [0.05, 0.1) is 25.1 Å². The average molecular weight is 381 g/mol. The molecule has 0 saturated carbocycles. The number of hydrogen-bond acceptors (Lipinski definition) is 5. The first-order valence-corrected chi connectivity index (χ1v) is 10.0. The zero-order valence-corrected chi connectivity index (χ0v) is 16.3. The topological polar surface area (TPSA) is 54.9 Å². The first-order chi connectivity index (χ1) is 13.7. The molecule has 4 rings (SSSR count). The molecule has 1 spiro atoms. The molecule has 6 heteroatoms. The Kier molecular flexibility index (Phi) is 5.59. The molecule has 148 valence electrons. The molecule has 0 radical (unpaired) electrons. The monoisotopic (exact) mass is 381 g/mol. The third-order valence-corrected chi connectivity index (χ3v) is 5.56. The van der Waals surface area contributed by atoms with Gasteiger partial charge in [-0.05, 0) is 24.6 Å². The molecule has 0 aliphatic carbocycles. The summed E-state index contributed by atoms with van der Waals surface area (Å²) in [5.74, 6) is -0.415. The Morgan fingerprint density at radius 3 is 2.43 bits per heavy atom. The molecule has 2 saturated heterocycles. The van der Waals surface area contributed by atoms with E-state index >= 15 is 0 Å². The van der Waals surface area contributed by atoms with E-state index in [0.29, 0.717) is 32.0 Å². The van der Waals surface area contributed by atoms with Gasteiger partial charge in [-0.25, -0.2) is 4.98 Å². The minimum atomic E-state index is -0.376. The van der Waals surface area contributed by atoms with Gasteiger partial charge in [-0.2, -0.15) is 0 Å². The summed E-state index contributed by atoms with van der Waals surface area (Å²) in [6, 6.07) is 13.9. The van der Waals surface area contributed by atoms with E-state index in [2.05, 4.69) is 9.88 Å². The van der Waals surface area contributed by atoms with E-state index in [4.69, 9.17) is 9.47 Å². The zero-order valence-electron chi connectivity index (χ0n) is 16.3. The van der Waals surface area contributed by atoms with Gasteiger partial charge in [0.15, 0.2) is 5.79 Å². The van der Waals surface area contributed by atoms with E-state index in [1.54, 1.807) is 6.20 Å². The van der Waals surface area contributed by atoms with Gasteiger partial charge in [0, 0.05) is 39.0 Å². The summed E-state index contributed by atoms with van der Waals surface area (Å²) in [5, 5.41) is 0. The van der Waals surface area contributed by atoms with Crippen LogP contribution in [0.1, 0.15) is 35.8 Å². The second-order valence-electron chi connectivity index (χ2n) is 7.30. The number of nitrogens with zero attached hydrogens (tertiary/aromatic N) is 3. The molecule has 1 aromatic heterocycles. The van der Waals surface area contributed by atoms with Crippen molar-refractivity contribution in [2.24, 2.45) is 0 Å². The Balaban J connectivity index is 1.39. The van der Waals surface area contributed by atoms with Crippen molar-refractivity contribution in [2.45, 2.75) is 32.1 Å². The van der Waals surface area contributed by atoms with Crippen LogP contribution in [-0.4, -0.2) is 54.4 Å². The summed E-state index contributed by atoms with van der Waals surface area (Å²) >= 11 is 0. The molecule has 1 aromatic carbocycles. The van der Waals surface area contributed by atoms with Crippen LogP contribution in [0.25, 0.3) is 0 Å². The summed E-state index contributed by atoms with van der Waals surface area (Å²) in [6.07, 6.45) is 3.51. The molecule has 3 heterocycles. The second-order valence-corrected chi connectivity index (χ2v) is 7.30. The van der Waals surface area contributed by atoms with Gasteiger partial charge in [0.25, 0.3) is 5.91 Å². The summed E-state index contributed by atoms with van der Waals surface area (Å²) in [7, 11) is 0. The second kappa shape index (κ2) is 8.29. The van der Waals surface area contributed by atoms with Crippen molar-refractivity contribution >= 4 is 11.6 Å². The Labute approximate surface area is 166 Å². The van der Waals surface area contributed by atoms with Gasteiger partial charge in [-0.15, -0.1) is 0 Å². The van der Waals surface area contributed by atoms with Crippen LogP contribution in [0.5, 0.6) is 0 Å². The zero-order chi connectivity index (χ0) is 19.4. The molecular formula is C22H27N3O3. The largest absolute Gasteiger partial charge is 0.370 e. The number of rotatable bonds is 5. The van der Waals surface area contributed by atoms with E-state index in [0.717, 1.165) is 37.2 Å². The number of pyridine rings is 1. The van der Waals surface area contributed by atoms with Gasteiger partial charge in [0.2, 0.25) is 0 Å². The van der Waals surface area contributed by atoms with E-state index in [1.165, 1.54) is 0 Å². The Hall–Kier alpha value is -2.44. The molecule has 28 heavy (non-hydrogen) atoms. The number of anilines is 1. The summed E-state index contributed by atoms with van der Waals surface area (Å²) in [5.41, 5.74) is 2.64. The maximum atomic E-state index is 12.9. The number of amides is 1. The summed E-state index contributed by atoms with van der Waals surface area (Å²) in [4.78, 5) is 21.4. The molecular weight excluding hydrogens is 354 g/mol. The maximum absolute atomic E-state index is 12.9. The lowest BCUT2D eigenvalue weighted by Gasteiger charge is -2.38. The number of benzene rings is 1. The summed E-state index contributed by atoms with van der Waals surface area (Å²) in [6.45, 7) is 6.34. The fraction of sp³-hybridized carbons (Fsp3) is 0.455. The van der Waals surface area contributed by atoms with Crippen LogP contribution < -0.4 is 4.90 Å². The van der Waals surface area contributed by atoms with Crippen molar-refractivity contribution in [3.05, 3.63) is 59.9 Å². The van der Waals surface area contributed by atoms with E-state index < -0.39 is 0 Å². The van der Waals surface area contributed by atoms with Crippen LogP contribution in [0.15, 0.2) is 48.7 Å². The number of carbonyl (C=O) groups is 1. The van der Waals surface area contributed by atoms with Gasteiger partial charge >= 0.3 is 0 Å². The molecule has 0 bridgehead atoms. The predicted molar refractivity (Wildman–Crippen MR) is 107 cm³/mol. The van der Waals surface area contributed by atoms with Crippen LogP contribution in [0.3, 0.4) is 0 Å². The van der Waals surface area contributed by atoms with Gasteiger partial charge in [-0.1, -0.05) is 30.3 Å². The molecule has 0 N–H and O–H groups in total. The van der Waals surface area contributed by atoms with Crippen molar-refractivity contribution in [2.75, 3.05) is 37.7 Å². The smallest absolute Gasteiger partial charge is 0.272 e. The van der Waals surface area contributed by atoms with Crippen LogP contribution in [0, 0.1) is 0 Å². The Morgan fingerprint density at radius 2 is 1.82 bits per heavy atom. The molecule has 1 amide bonds. The molecule has 0 atom stereocenters. The summed E-state index contributed by atoms with van der Waals surface area (Å²) < 4.78 is 11.6. The highest BCUT2D eigenvalue weighted by Crippen LogP contribution is 2.33. The lowest BCUT2D eigenvalue weighted by Crippen LogP contribution is -2.45. The Morgan fingerprint density at radius 1 is 1.11 bits per heavy atom. The van der Waals surface area contributed by atoms with Crippen LogP contribution >= 0.6 is 0 Å². The highest BCUT2D eigenvalue weighted by molar-refractivity contribution is 5.92. The predicted octanol–water partition coefficient (Wildman–Crippen LogP) is 3.09. The number of ether oxygens (including phenoxy) is 2. The molecule has 2 fully saturated rings. The third kappa shape index (κ3) is 4.03. The minimum Gasteiger partial charge on any atom is -0.370 e. The minimum absolute atomic E-state index is 0.0387. The average Bonchev–Trinajstić information content (AvgIpc) is 3.21. The molecule has 2 aliphatic heterocycles. The fourth-order valence-corrected chi connectivity index (χ4v) is 3.88. The van der Waals surface area contributed by atoms with Crippen molar-refractivity contribution in [3.8, 4) is 0 Å².